The van der Waals surface area contributed by atoms with Crippen molar-refractivity contribution in [1.82, 2.24) is 16.6 Å². The summed E-state index contributed by atoms with van der Waals surface area (Å²) in [5, 5.41) is 17.7. The van der Waals surface area contributed by atoms with Crippen LogP contribution in [0.3, 0.4) is 0 Å². The Labute approximate surface area is 306 Å². The van der Waals surface area contributed by atoms with Gasteiger partial charge in [-0.15, -0.1) is 14.7 Å². The Bertz CT molecular complexity index is 1590. The topological polar surface area (TPSA) is 161 Å². The minimum atomic E-state index is 1.06. The quantitative estimate of drug-likeness (QED) is 0.0459. The van der Waals surface area contributed by atoms with Crippen LogP contribution in [0.1, 0.15) is 73.4 Å². The van der Waals surface area contributed by atoms with Crippen molar-refractivity contribution >= 4 is 36.9 Å². The van der Waals surface area contributed by atoms with Crippen molar-refractivity contribution in [3.63, 3.8) is 0 Å². The molecule has 0 aliphatic heterocycles. The Hall–Kier alpha value is -6.43. The van der Waals surface area contributed by atoms with Crippen LogP contribution in [0, 0.1) is 14.7 Å². The molecule has 0 radical (unpaired) electrons. The van der Waals surface area contributed by atoms with E-state index in [0.29, 0.717) is 0 Å². The predicted molar refractivity (Wildman–Crippen MR) is 219 cm³/mol. The number of nitrogens with one attached hydrogen (secondary N) is 3. The highest BCUT2D eigenvalue weighted by Gasteiger charge is 1.96. The molecule has 3 rings (SSSR count). The number of nitroso groups, excluding NO2 is 3. The highest BCUT2D eigenvalue weighted by molar-refractivity contribution is 5.78. The third-order valence-corrected chi connectivity index (χ3v) is 6.63. The van der Waals surface area contributed by atoms with Crippen LogP contribution in [0.15, 0.2) is 146 Å². The number of hydrogen-bond acceptors (Lipinski definition) is 9. The predicted octanol–water partition coefficient (Wildman–Crippen LogP) is 9.84. The molecule has 52 heavy (non-hydrogen) atoms. The number of allylic oxidation sites excluding steroid dienone is 7. The average Bonchev–Trinajstić information content (AvgIpc) is 3.16. The van der Waals surface area contributed by atoms with Crippen LogP contribution in [-0.4, -0.2) is 18.6 Å². The fraction of sp³-hybridized carbons (Fsp3) is 0.225. The first-order valence-corrected chi connectivity index (χ1v) is 17.0. The van der Waals surface area contributed by atoms with Crippen LogP contribution in [-0.2, 0) is 19.3 Å². The van der Waals surface area contributed by atoms with Gasteiger partial charge in [-0.25, -0.2) is 0 Å². The molecule has 12 nitrogen and oxygen atoms in total. The number of nitrogens with zero attached hydrogens (tertiary/aromatic N) is 6. The molecule has 0 spiro atoms. The van der Waals surface area contributed by atoms with Gasteiger partial charge in [0.15, 0.2) is 0 Å². The molecular formula is C40H49N9O3. The van der Waals surface area contributed by atoms with Gasteiger partial charge < -0.3 is 0 Å². The van der Waals surface area contributed by atoms with Crippen LogP contribution < -0.4 is 16.6 Å². The maximum absolute atomic E-state index is 9.68. The molecule has 3 N–H and O–H groups in total. The third-order valence-electron chi connectivity index (χ3n) is 6.63. The smallest absolute Gasteiger partial charge is 0.0722 e. The van der Waals surface area contributed by atoms with Crippen molar-refractivity contribution in [3.05, 3.63) is 163 Å². The van der Waals surface area contributed by atoms with Gasteiger partial charge in [0.1, 0.15) is 0 Å². The Morgan fingerprint density at radius 1 is 0.481 bits per heavy atom. The molecule has 0 heterocycles. The summed E-state index contributed by atoms with van der Waals surface area (Å²) in [5.41, 5.74) is 13.4. The van der Waals surface area contributed by atoms with E-state index in [0.717, 1.165) is 38.5 Å². The van der Waals surface area contributed by atoms with Gasteiger partial charge in [0.25, 0.3) is 0 Å². The van der Waals surface area contributed by atoms with E-state index in [9.17, 15) is 14.7 Å². The van der Waals surface area contributed by atoms with Gasteiger partial charge in [-0.2, -0.15) is 31.9 Å². The Morgan fingerprint density at radius 3 is 1.40 bits per heavy atom. The van der Waals surface area contributed by atoms with Crippen molar-refractivity contribution in [3.8, 4) is 0 Å². The zero-order chi connectivity index (χ0) is 37.7. The second-order valence-electron chi connectivity index (χ2n) is 10.7. The fourth-order valence-corrected chi connectivity index (χ4v) is 4.48. The van der Waals surface area contributed by atoms with Crippen molar-refractivity contribution in [2.45, 2.75) is 59.3 Å². The summed E-state index contributed by atoms with van der Waals surface area (Å²) in [6, 6.07) is 25.1. The molecule has 0 unspecified atom stereocenters. The van der Waals surface area contributed by atoms with Gasteiger partial charge >= 0.3 is 0 Å². The van der Waals surface area contributed by atoms with Crippen molar-refractivity contribution in [1.29, 1.82) is 0 Å². The number of benzene rings is 3. The summed E-state index contributed by atoms with van der Waals surface area (Å²) >= 11 is 0. The van der Waals surface area contributed by atoms with Crippen molar-refractivity contribution in [2.24, 2.45) is 31.2 Å². The first kappa shape index (κ1) is 43.6. The summed E-state index contributed by atoms with van der Waals surface area (Å²) in [7, 11) is 0. The number of hydrogen-bond donors (Lipinski definition) is 3. The monoisotopic (exact) mass is 703 g/mol. The van der Waals surface area contributed by atoms with E-state index in [1.54, 1.807) is 18.2 Å². The Kier molecular flexibility index (Phi) is 26.7. The lowest BCUT2D eigenvalue weighted by molar-refractivity contribution is 0.804. The molecule has 0 bridgehead atoms. The zero-order valence-corrected chi connectivity index (χ0v) is 30.1. The molecule has 0 amide bonds. The minimum Gasteiger partial charge on any atom is -0.164 e. The van der Waals surface area contributed by atoms with E-state index < -0.39 is 0 Å². The largest absolute Gasteiger partial charge is 0.164 e. The van der Waals surface area contributed by atoms with E-state index in [-0.39, 0.29) is 0 Å². The first-order chi connectivity index (χ1) is 25.6. The van der Waals surface area contributed by atoms with E-state index in [4.69, 9.17) is 0 Å². The maximum atomic E-state index is 9.68. The Morgan fingerprint density at radius 2 is 0.942 bits per heavy atom. The van der Waals surface area contributed by atoms with Crippen molar-refractivity contribution < 1.29 is 0 Å². The van der Waals surface area contributed by atoms with Gasteiger partial charge in [-0.05, 0) is 70.9 Å². The molecule has 0 atom stereocenters. The van der Waals surface area contributed by atoms with E-state index >= 15 is 0 Å². The van der Waals surface area contributed by atoms with Gasteiger partial charge in [0.2, 0.25) is 0 Å². The number of rotatable bonds is 20. The van der Waals surface area contributed by atoms with E-state index in [1.807, 2.05) is 71.3 Å². The van der Waals surface area contributed by atoms with Gasteiger partial charge in [0, 0.05) is 18.6 Å². The maximum Gasteiger partial charge on any atom is 0.0722 e. The summed E-state index contributed by atoms with van der Waals surface area (Å²) in [4.78, 5) is 29.0. The molecule has 0 aromatic heterocycles. The highest BCUT2D eigenvalue weighted by atomic mass is 16.3. The van der Waals surface area contributed by atoms with Gasteiger partial charge in [-0.1, -0.05) is 155 Å². The third kappa shape index (κ3) is 23.0. The molecule has 3 aromatic rings. The van der Waals surface area contributed by atoms with Crippen molar-refractivity contribution in [2.75, 3.05) is 0 Å². The fourth-order valence-electron chi connectivity index (χ4n) is 4.48. The van der Waals surface area contributed by atoms with E-state index in [2.05, 4.69) is 113 Å². The standard InChI is InChI=1S/2C14H17N3O.C12H15N3O/c2*1-2-7-13-9-6-10-14(12-13)8-4-3-5-11-15-16-17-18;1-2-6-11-7-3-4-8-12(11)9-5-10-13-14-15-16/h2*3-6,8-12H,2,7H2,1H3,(H,16,18);3-5,7-10H,2,6H2,1H3,(H,14,16)/b2*5-3+,8-4+,15-11+;9-5+,13-10+. The van der Waals surface area contributed by atoms with Crippen LogP contribution in [0.5, 0.6) is 0 Å². The zero-order valence-electron chi connectivity index (χ0n) is 30.1. The normalized spacial score (nSPS) is 11.4. The number of aryl methyl sites for hydroxylation is 3. The lowest BCUT2D eigenvalue weighted by Gasteiger charge is -2.02. The number of hydrazone groups is 3. The molecule has 0 aliphatic carbocycles. The molecular weight excluding hydrogens is 654 g/mol. The molecule has 0 fully saturated rings. The molecule has 0 aliphatic rings. The van der Waals surface area contributed by atoms with Gasteiger partial charge in [0.05, 0.1) is 15.9 Å². The average molecular weight is 704 g/mol. The highest BCUT2D eigenvalue weighted by Crippen LogP contribution is 2.13. The van der Waals surface area contributed by atoms with Crippen LogP contribution in [0.2, 0.25) is 0 Å². The minimum absolute atomic E-state index is 1.06. The first-order valence-electron chi connectivity index (χ1n) is 17.0. The summed E-state index contributed by atoms with van der Waals surface area (Å²) in [6.45, 7) is 6.50. The lowest BCUT2D eigenvalue weighted by Crippen LogP contribution is -1.90. The summed E-state index contributed by atoms with van der Waals surface area (Å²) in [6.07, 6.45) is 29.8. The molecule has 0 saturated heterocycles. The summed E-state index contributed by atoms with van der Waals surface area (Å²) in [5.74, 6) is 0. The van der Waals surface area contributed by atoms with Crippen LogP contribution in [0.25, 0.3) is 18.2 Å². The van der Waals surface area contributed by atoms with Gasteiger partial charge in [-0.3, -0.25) is 0 Å². The molecule has 12 heteroatoms. The molecule has 3 aromatic carbocycles. The molecule has 272 valence electrons. The second kappa shape index (κ2) is 31.8. The van der Waals surface area contributed by atoms with E-state index in [1.165, 1.54) is 52.0 Å². The molecule has 0 saturated carbocycles. The Balaban J connectivity index is 0.000000391. The lowest BCUT2D eigenvalue weighted by atomic mass is 10.0. The SMILES string of the molecule is CCCc1cccc(/C=C/C=C/C=N/NN=O)c1.CCCc1cccc(/C=C/C=C/C=N/NN=O)c1.CCCc1ccccc1/C=C/C=N/NN=O. The van der Waals surface area contributed by atoms with Crippen LogP contribution >= 0.6 is 0 Å². The second-order valence-corrected chi connectivity index (χ2v) is 10.7. The van der Waals surface area contributed by atoms with Crippen LogP contribution in [0.4, 0.5) is 0 Å². The summed E-state index contributed by atoms with van der Waals surface area (Å²) < 4.78 is 0.